The van der Waals surface area contributed by atoms with Crippen LogP contribution in [0, 0.1) is 0 Å². The van der Waals surface area contributed by atoms with Crippen LogP contribution in [0.15, 0.2) is 36.9 Å². The third kappa shape index (κ3) is 8.20. The predicted octanol–water partition coefficient (Wildman–Crippen LogP) is 0.870. The van der Waals surface area contributed by atoms with Gasteiger partial charge in [-0.25, -0.2) is 0 Å². The van der Waals surface area contributed by atoms with Crippen LogP contribution >= 0.6 is 0 Å². The predicted molar refractivity (Wildman–Crippen MR) is 69.3 cm³/mol. The second-order valence-corrected chi connectivity index (χ2v) is 4.13. The van der Waals surface area contributed by atoms with Gasteiger partial charge in [-0.3, -0.25) is 0 Å². The molecule has 1 nitrogen and oxygen atoms in total. The quantitative estimate of drug-likeness (QED) is 0.393. The molecule has 6 heteroatoms. The van der Waals surface area contributed by atoms with Crippen LogP contribution in [0.1, 0.15) is 25.7 Å². The van der Waals surface area contributed by atoms with Crippen LogP contribution in [0.2, 0.25) is 0 Å². The molecule has 0 aliphatic heterocycles. The third-order valence-electron chi connectivity index (χ3n) is 2.58. The first-order chi connectivity index (χ1) is 8.54. The molecular weight excluding hydrogens is 279 g/mol. The number of allylic oxidation sites excluding steroid dienone is 1. The molecule has 0 aromatic heterocycles. The maximum absolute atomic E-state index is 12.4. The van der Waals surface area contributed by atoms with Gasteiger partial charge in [0.25, 0.3) is 0 Å². The van der Waals surface area contributed by atoms with E-state index in [1.165, 1.54) is 12.1 Å². The number of halogens is 3. The Morgan fingerprint density at radius 1 is 1.05 bits per heavy atom. The Hall–Kier alpha value is 0.251. The summed E-state index contributed by atoms with van der Waals surface area (Å²) < 4.78 is 42.4. The smallest absolute Gasteiger partial charge is 0.494 e. The Labute approximate surface area is 155 Å². The zero-order valence-corrected chi connectivity index (χ0v) is 14.4. The molecule has 0 saturated heterocycles. The topological polar surface area (TPSA) is 9.23 Å². The molecule has 0 atom stereocenters. The number of unbranched alkanes of at least 4 members (excludes halogenated alkanes) is 3. The molecule has 0 radical (unpaired) electrons. The van der Waals surface area contributed by atoms with E-state index in [2.05, 4.69) is 6.58 Å². The summed E-state index contributed by atoms with van der Waals surface area (Å²) in [7, 11) is 0. The summed E-state index contributed by atoms with van der Waals surface area (Å²) in [4.78, 5) is 0. The van der Waals surface area contributed by atoms with Gasteiger partial charge < -0.3 is 17.7 Å². The number of hydrogen-bond acceptors (Lipinski definition) is 1. The number of hydrogen-bond donors (Lipinski definition) is 0. The average molecular weight is 296 g/mol. The molecule has 0 unspecified atom stereocenters. The average Bonchev–Trinajstić information content (AvgIpc) is 2.33. The van der Waals surface area contributed by atoms with Crippen LogP contribution in [0.3, 0.4) is 0 Å². The van der Waals surface area contributed by atoms with Gasteiger partial charge in [-0.15, -0.1) is 12.0 Å². The van der Waals surface area contributed by atoms with Gasteiger partial charge in [-0.2, -0.15) is 0 Å². The standard InChI is InChI=1S/C13H17BF3O.K/c1-2-3-4-5-6-11-18-13-9-7-12(8-10-13)14(15,16)17;/h2,7-10H,1,3-6,11H2;/q-1;+1. The fraction of sp³-hybridized carbons (Fsp3) is 0.385. The van der Waals surface area contributed by atoms with Crippen molar-refractivity contribution in [3.05, 3.63) is 36.9 Å². The molecule has 1 rings (SSSR count). The molecule has 0 amide bonds. The summed E-state index contributed by atoms with van der Waals surface area (Å²) in [5.74, 6) is 0.488. The molecule has 0 aliphatic carbocycles. The molecule has 0 bridgehead atoms. The van der Waals surface area contributed by atoms with Crippen molar-refractivity contribution in [2.45, 2.75) is 25.7 Å². The summed E-state index contributed by atoms with van der Waals surface area (Å²) in [5.41, 5.74) is -0.590. The van der Waals surface area contributed by atoms with Gasteiger partial charge in [0.15, 0.2) is 0 Å². The van der Waals surface area contributed by atoms with Crippen molar-refractivity contribution in [2.75, 3.05) is 6.61 Å². The van der Waals surface area contributed by atoms with Gasteiger partial charge in [0.2, 0.25) is 0 Å². The minimum Gasteiger partial charge on any atom is -0.494 e. The Morgan fingerprint density at radius 2 is 1.68 bits per heavy atom. The Kier molecular flexibility index (Phi) is 10.2. The molecule has 0 spiro atoms. The Morgan fingerprint density at radius 3 is 2.21 bits per heavy atom. The first-order valence-electron chi connectivity index (χ1n) is 6.07. The van der Waals surface area contributed by atoms with Crippen LogP contribution in [-0.2, 0) is 0 Å². The van der Waals surface area contributed by atoms with Crippen molar-refractivity contribution in [1.82, 2.24) is 0 Å². The third-order valence-corrected chi connectivity index (χ3v) is 2.58. The largest absolute Gasteiger partial charge is 1.00 e. The Balaban J connectivity index is 0.00000324. The van der Waals surface area contributed by atoms with Crippen LogP contribution in [0.4, 0.5) is 12.9 Å². The van der Waals surface area contributed by atoms with E-state index < -0.39 is 12.4 Å². The minimum atomic E-state index is -4.91. The second-order valence-electron chi connectivity index (χ2n) is 4.13. The van der Waals surface area contributed by atoms with Gasteiger partial charge in [-0.1, -0.05) is 18.2 Å². The zero-order valence-electron chi connectivity index (χ0n) is 11.2. The fourth-order valence-electron chi connectivity index (χ4n) is 1.54. The molecule has 0 N–H and O–H groups in total. The van der Waals surface area contributed by atoms with Gasteiger partial charge in [0.1, 0.15) is 5.75 Å². The molecular formula is C13H17BF3KO. The van der Waals surface area contributed by atoms with E-state index in [0.29, 0.717) is 12.4 Å². The van der Waals surface area contributed by atoms with E-state index in [-0.39, 0.29) is 51.4 Å². The van der Waals surface area contributed by atoms with Crippen molar-refractivity contribution in [3.8, 4) is 5.75 Å². The molecule has 0 heterocycles. The van der Waals surface area contributed by atoms with E-state index in [0.717, 1.165) is 37.8 Å². The van der Waals surface area contributed by atoms with Crippen LogP contribution < -0.4 is 61.6 Å². The van der Waals surface area contributed by atoms with E-state index in [1.807, 2.05) is 6.08 Å². The molecule has 19 heavy (non-hydrogen) atoms. The summed E-state index contributed by atoms with van der Waals surface area (Å²) in [5, 5.41) is 0. The van der Waals surface area contributed by atoms with Crippen molar-refractivity contribution in [3.63, 3.8) is 0 Å². The number of ether oxygens (including phenoxy) is 1. The van der Waals surface area contributed by atoms with Crippen molar-refractivity contribution in [2.24, 2.45) is 0 Å². The summed E-state index contributed by atoms with van der Waals surface area (Å²) >= 11 is 0. The SMILES string of the molecule is C=CCCCCCOc1ccc([B-](F)(F)F)cc1.[K+]. The Bertz CT molecular complexity index is 365. The summed E-state index contributed by atoms with van der Waals surface area (Å²) in [6, 6.07) is 4.86. The van der Waals surface area contributed by atoms with Gasteiger partial charge in [0, 0.05) is 0 Å². The van der Waals surface area contributed by atoms with E-state index in [4.69, 9.17) is 4.74 Å². The van der Waals surface area contributed by atoms with Crippen LogP contribution in [0.5, 0.6) is 5.75 Å². The van der Waals surface area contributed by atoms with Crippen LogP contribution in [0.25, 0.3) is 0 Å². The zero-order chi connectivity index (χ0) is 13.4. The molecule has 1 aromatic carbocycles. The van der Waals surface area contributed by atoms with Crippen molar-refractivity contribution >= 4 is 12.4 Å². The second kappa shape index (κ2) is 10.0. The maximum Gasteiger partial charge on any atom is 1.00 e. The van der Waals surface area contributed by atoms with E-state index in [1.54, 1.807) is 0 Å². The molecule has 0 saturated carbocycles. The first-order valence-corrected chi connectivity index (χ1v) is 6.07. The molecule has 0 fully saturated rings. The van der Waals surface area contributed by atoms with E-state index in [9.17, 15) is 12.9 Å². The first kappa shape index (κ1) is 19.3. The summed E-state index contributed by atoms with van der Waals surface area (Å²) in [6.07, 6.45) is 5.87. The molecule has 100 valence electrons. The van der Waals surface area contributed by atoms with Gasteiger partial charge in [-0.05, 0) is 37.8 Å². The number of benzene rings is 1. The molecule has 0 aliphatic rings. The van der Waals surface area contributed by atoms with Gasteiger partial charge in [0.05, 0.1) is 6.61 Å². The van der Waals surface area contributed by atoms with Crippen molar-refractivity contribution < 1.29 is 69.1 Å². The number of rotatable bonds is 8. The summed E-state index contributed by atoms with van der Waals surface area (Å²) in [6.45, 7) is -0.744. The maximum atomic E-state index is 12.4. The fourth-order valence-corrected chi connectivity index (χ4v) is 1.54. The van der Waals surface area contributed by atoms with Gasteiger partial charge >= 0.3 is 58.4 Å². The van der Waals surface area contributed by atoms with E-state index >= 15 is 0 Å². The van der Waals surface area contributed by atoms with Crippen LogP contribution in [-0.4, -0.2) is 13.6 Å². The monoisotopic (exact) mass is 296 g/mol. The minimum absolute atomic E-state index is 0. The normalized spacial score (nSPS) is 10.7. The molecule has 1 aromatic rings. The van der Waals surface area contributed by atoms with Crippen molar-refractivity contribution in [1.29, 1.82) is 0 Å².